The fraction of sp³-hybridized carbons (Fsp3) is 0.286. The van der Waals surface area contributed by atoms with Gasteiger partial charge < -0.3 is 25.9 Å². The number of aliphatic carboxylic acids is 1. The van der Waals surface area contributed by atoms with Crippen molar-refractivity contribution < 1.29 is 37.1 Å². The highest BCUT2D eigenvalue weighted by Crippen LogP contribution is 2.31. The van der Waals surface area contributed by atoms with Crippen LogP contribution in [0.3, 0.4) is 0 Å². The molecule has 2 aromatic heterocycles. The molecule has 4 aromatic rings. The van der Waals surface area contributed by atoms with Crippen LogP contribution in [0, 0.1) is 23.4 Å². The molecule has 0 saturated heterocycles. The number of nitrogens with two attached hydrogens (primary N) is 1. The number of fused-ring (bicyclic) bond motifs is 1. The number of carboxylic acid groups (broad SMARTS) is 1. The van der Waals surface area contributed by atoms with Gasteiger partial charge in [0.05, 0.1) is 5.92 Å². The summed E-state index contributed by atoms with van der Waals surface area (Å²) in [6.45, 7) is -0.0386. The molecule has 1 saturated carbocycles. The van der Waals surface area contributed by atoms with Crippen molar-refractivity contribution in [3.05, 3.63) is 83.3 Å². The first-order valence-corrected chi connectivity index (χ1v) is 12.9. The van der Waals surface area contributed by atoms with Crippen LogP contribution in [-0.4, -0.2) is 38.5 Å². The molecule has 0 aliphatic heterocycles. The fourth-order valence-corrected chi connectivity index (χ4v) is 5.11. The Morgan fingerprint density at radius 3 is 2.56 bits per heavy atom. The molecule has 0 radical (unpaired) electrons. The number of carbonyl (C=O) groups is 3. The number of rotatable bonds is 8. The molecule has 5 rings (SSSR count). The Morgan fingerprint density at radius 1 is 1.10 bits per heavy atom. The Balaban J connectivity index is 1.50. The van der Waals surface area contributed by atoms with Crippen LogP contribution in [0.25, 0.3) is 11.1 Å². The van der Waals surface area contributed by atoms with E-state index < -0.39 is 58.9 Å². The van der Waals surface area contributed by atoms with Gasteiger partial charge in [-0.1, -0.05) is 12.1 Å². The van der Waals surface area contributed by atoms with E-state index in [1.54, 1.807) is 0 Å². The molecule has 1 aliphatic rings. The number of hydrogen-bond acceptors (Lipinski definition) is 7. The third-order valence-electron chi connectivity index (χ3n) is 7.32. The number of nitrogens with one attached hydrogen (secondary N) is 2. The van der Waals surface area contributed by atoms with Gasteiger partial charge in [0.1, 0.15) is 23.1 Å². The first kappa shape index (κ1) is 27.9. The molecule has 0 bridgehead atoms. The third-order valence-corrected chi connectivity index (χ3v) is 7.32. The molecule has 1 atom stereocenters. The van der Waals surface area contributed by atoms with Crippen molar-refractivity contribution in [1.29, 1.82) is 0 Å². The van der Waals surface area contributed by atoms with E-state index in [1.807, 2.05) is 0 Å². The molecule has 214 valence electrons. The number of carboxylic acids is 1. The normalized spacial score (nSPS) is 17.8. The number of hydrogen-bond donors (Lipinski definition) is 4. The average Bonchev–Trinajstić information content (AvgIpc) is 3.59. The maximum absolute atomic E-state index is 15.6. The highest BCUT2D eigenvalue weighted by Gasteiger charge is 2.33. The van der Waals surface area contributed by atoms with Crippen LogP contribution in [0.15, 0.2) is 53.4 Å². The van der Waals surface area contributed by atoms with Gasteiger partial charge in [-0.3, -0.25) is 19.0 Å². The lowest BCUT2D eigenvalue weighted by Gasteiger charge is -2.27. The van der Waals surface area contributed by atoms with E-state index in [0.717, 1.165) is 29.3 Å². The van der Waals surface area contributed by atoms with E-state index in [0.29, 0.717) is 31.2 Å². The summed E-state index contributed by atoms with van der Waals surface area (Å²) in [6, 6.07) is 5.31. The summed E-state index contributed by atoms with van der Waals surface area (Å²) in [7, 11) is 0. The van der Waals surface area contributed by atoms with Gasteiger partial charge in [-0.05, 0) is 55.5 Å². The molecule has 1 amide bonds. The lowest BCUT2D eigenvalue weighted by atomic mass is 9.86. The van der Waals surface area contributed by atoms with Gasteiger partial charge in [-0.2, -0.15) is 0 Å². The third kappa shape index (κ3) is 5.53. The Morgan fingerprint density at radius 2 is 1.85 bits per heavy atom. The smallest absolute Gasteiger partial charge is 0.306 e. The monoisotopic (exact) mass is 569 g/mol. The minimum Gasteiger partial charge on any atom is -0.481 e. The highest BCUT2D eigenvalue weighted by atomic mass is 19.1. The largest absolute Gasteiger partial charge is 0.481 e. The summed E-state index contributed by atoms with van der Waals surface area (Å²) in [6.07, 6.45) is 3.50. The molecule has 1 aliphatic carbocycles. The van der Waals surface area contributed by atoms with Gasteiger partial charge in [0.2, 0.25) is 0 Å². The van der Waals surface area contributed by atoms with Gasteiger partial charge in [0, 0.05) is 30.0 Å². The van der Waals surface area contributed by atoms with Crippen molar-refractivity contribution >= 4 is 34.6 Å². The van der Waals surface area contributed by atoms with Crippen LogP contribution in [0.4, 0.5) is 18.9 Å². The van der Waals surface area contributed by atoms with E-state index in [1.165, 1.54) is 24.3 Å². The number of oxazole rings is 1. The van der Waals surface area contributed by atoms with Gasteiger partial charge >= 0.3 is 5.97 Å². The number of aromatic nitrogens is 2. The Kier molecular flexibility index (Phi) is 7.79. The zero-order valence-electron chi connectivity index (χ0n) is 21.6. The summed E-state index contributed by atoms with van der Waals surface area (Å²) in [5.41, 5.74) is 5.43. The van der Waals surface area contributed by atoms with Crippen LogP contribution in [0.1, 0.15) is 58.1 Å². The van der Waals surface area contributed by atoms with Gasteiger partial charge in [-0.15, -0.1) is 0 Å². The summed E-state index contributed by atoms with van der Waals surface area (Å²) in [5, 5.41) is 14.7. The number of nitrogens with zero attached hydrogens (tertiary/aromatic N) is 2. The standard InChI is InChI=1S/C28H26F3N5O5/c29-16-4-1-15(12-32)21(11-16)35-23(18-7-8-20-25(22(18)31)41-13-33-20)27(38)36-10-9-19(30)24(36)26(37)34-17-5-2-14(3-6-17)28(39)40/h1,4,7-11,13-14,17,23,35H,2-3,5-6,12,32H2,(H,34,37)(H,39,40). The molecule has 2 heterocycles. The Labute approximate surface area is 231 Å². The Hall–Kier alpha value is -4.65. The van der Waals surface area contributed by atoms with E-state index in [-0.39, 0.29) is 28.9 Å². The van der Waals surface area contributed by atoms with Gasteiger partial charge in [0.25, 0.3) is 11.8 Å². The Bertz CT molecular complexity index is 1630. The van der Waals surface area contributed by atoms with Crippen LogP contribution in [-0.2, 0) is 11.3 Å². The molecule has 5 N–H and O–H groups in total. The number of benzene rings is 2. The van der Waals surface area contributed by atoms with Crippen LogP contribution >= 0.6 is 0 Å². The van der Waals surface area contributed by atoms with Crippen molar-refractivity contribution in [1.82, 2.24) is 14.9 Å². The van der Waals surface area contributed by atoms with E-state index in [9.17, 15) is 28.3 Å². The molecular formula is C28H26F3N5O5. The summed E-state index contributed by atoms with van der Waals surface area (Å²) >= 11 is 0. The topological polar surface area (TPSA) is 152 Å². The maximum atomic E-state index is 15.6. The van der Waals surface area contributed by atoms with Crippen LogP contribution < -0.4 is 16.4 Å². The van der Waals surface area contributed by atoms with Gasteiger partial charge in [0.15, 0.2) is 23.6 Å². The molecule has 41 heavy (non-hydrogen) atoms. The van der Waals surface area contributed by atoms with Crippen molar-refractivity contribution in [2.45, 2.75) is 44.3 Å². The molecule has 13 heteroatoms. The van der Waals surface area contributed by atoms with E-state index >= 15 is 4.39 Å². The number of halogens is 3. The minimum absolute atomic E-state index is 0.0386. The second-order valence-corrected chi connectivity index (χ2v) is 9.83. The molecule has 10 nitrogen and oxygen atoms in total. The molecule has 1 unspecified atom stereocenters. The second kappa shape index (κ2) is 11.5. The summed E-state index contributed by atoms with van der Waals surface area (Å²) < 4.78 is 50.7. The number of carbonyl (C=O) groups excluding carboxylic acids is 2. The summed E-state index contributed by atoms with van der Waals surface area (Å²) in [4.78, 5) is 42.3. The quantitative estimate of drug-likeness (QED) is 0.244. The zero-order chi connectivity index (χ0) is 29.3. The fourth-order valence-electron chi connectivity index (χ4n) is 5.11. The van der Waals surface area contributed by atoms with E-state index in [4.69, 9.17) is 10.2 Å². The SMILES string of the molecule is NCc1ccc(F)cc1NC(C(=O)n1ccc(F)c1C(=O)NC1CCC(C(=O)O)CC1)c1ccc2ncoc2c1F. The molecular weight excluding hydrogens is 543 g/mol. The second-order valence-electron chi connectivity index (χ2n) is 9.83. The first-order chi connectivity index (χ1) is 19.7. The number of anilines is 1. The van der Waals surface area contributed by atoms with Crippen molar-refractivity contribution in [2.24, 2.45) is 11.7 Å². The minimum atomic E-state index is -1.58. The zero-order valence-corrected chi connectivity index (χ0v) is 21.6. The van der Waals surface area contributed by atoms with E-state index in [2.05, 4.69) is 15.6 Å². The summed E-state index contributed by atoms with van der Waals surface area (Å²) in [5.74, 6) is -5.83. The van der Waals surface area contributed by atoms with Crippen LogP contribution in [0.2, 0.25) is 0 Å². The molecule has 2 aromatic carbocycles. The van der Waals surface area contributed by atoms with Crippen LogP contribution in [0.5, 0.6) is 0 Å². The predicted octanol–water partition coefficient (Wildman–Crippen LogP) is 4.37. The van der Waals surface area contributed by atoms with Gasteiger partial charge in [-0.25, -0.2) is 18.2 Å². The lowest BCUT2D eigenvalue weighted by molar-refractivity contribution is -0.142. The molecule has 1 fully saturated rings. The predicted molar refractivity (Wildman–Crippen MR) is 140 cm³/mol. The van der Waals surface area contributed by atoms with Crippen molar-refractivity contribution in [3.63, 3.8) is 0 Å². The lowest BCUT2D eigenvalue weighted by Crippen LogP contribution is -2.40. The van der Waals surface area contributed by atoms with Crippen molar-refractivity contribution in [3.8, 4) is 0 Å². The average molecular weight is 570 g/mol. The van der Waals surface area contributed by atoms with Crippen molar-refractivity contribution in [2.75, 3.05) is 5.32 Å². The first-order valence-electron chi connectivity index (χ1n) is 12.9. The molecule has 0 spiro atoms. The maximum Gasteiger partial charge on any atom is 0.306 e. The number of amides is 1. The highest BCUT2D eigenvalue weighted by molar-refractivity contribution is 6.00.